The maximum Gasteiger partial charge on any atom is 0.269 e. The first-order valence-electron chi connectivity index (χ1n) is 6.95. The summed E-state index contributed by atoms with van der Waals surface area (Å²) in [5, 5.41) is 6.70. The van der Waals surface area contributed by atoms with Crippen molar-refractivity contribution in [3.05, 3.63) is 29.7 Å². The minimum Gasteiger partial charge on any atom is -0.382 e. The Balaban J connectivity index is 2.29. The van der Waals surface area contributed by atoms with Crippen molar-refractivity contribution in [3.8, 4) is 0 Å². The predicted octanol–water partition coefficient (Wildman–Crippen LogP) is 0.601. The fourth-order valence-corrected chi connectivity index (χ4v) is 2.63. The van der Waals surface area contributed by atoms with E-state index in [0.29, 0.717) is 11.4 Å². The summed E-state index contributed by atoms with van der Waals surface area (Å²) in [5.41, 5.74) is 12.5. The van der Waals surface area contributed by atoms with Crippen LogP contribution in [0.2, 0.25) is 0 Å². The highest BCUT2D eigenvalue weighted by atomic mass is 32.1. The number of amides is 2. The van der Waals surface area contributed by atoms with Gasteiger partial charge >= 0.3 is 0 Å². The van der Waals surface area contributed by atoms with Crippen molar-refractivity contribution in [1.82, 2.24) is 9.36 Å². The lowest BCUT2D eigenvalue weighted by molar-refractivity contribution is -0.119. The zero-order chi connectivity index (χ0) is 17.7. The molecule has 0 spiro atoms. The van der Waals surface area contributed by atoms with Crippen molar-refractivity contribution >= 4 is 39.7 Å². The van der Waals surface area contributed by atoms with Crippen molar-refractivity contribution in [2.75, 3.05) is 24.4 Å². The van der Waals surface area contributed by atoms with Crippen LogP contribution in [0.25, 0.3) is 0 Å². The monoisotopic (exact) mass is 350 g/mol. The quantitative estimate of drug-likeness (QED) is 0.545. The van der Waals surface area contributed by atoms with E-state index in [0.717, 1.165) is 10.7 Å². The summed E-state index contributed by atoms with van der Waals surface area (Å²) >= 11 is 1.24. The molecule has 0 saturated carbocycles. The highest BCUT2D eigenvalue weighted by molar-refractivity contribution is 7.10. The van der Waals surface area contributed by atoms with Gasteiger partial charge in [0.25, 0.3) is 5.91 Å². The number of carbonyl (C=O) groups is 2. The van der Waals surface area contributed by atoms with E-state index < -0.39 is 17.9 Å². The van der Waals surface area contributed by atoms with Crippen LogP contribution in [-0.4, -0.2) is 40.9 Å². The molecule has 0 bridgehead atoms. The maximum absolute atomic E-state index is 11.6. The van der Waals surface area contributed by atoms with Crippen molar-refractivity contribution in [2.45, 2.75) is 13.0 Å². The number of pyridine rings is 1. The van der Waals surface area contributed by atoms with Crippen LogP contribution >= 0.6 is 11.5 Å². The Morgan fingerprint density at radius 1 is 1.38 bits per heavy atom. The highest BCUT2D eigenvalue weighted by Crippen LogP contribution is 2.26. The number of rotatable bonds is 8. The fourth-order valence-electron chi connectivity index (χ4n) is 1.95. The number of aromatic nitrogens is 2. The van der Waals surface area contributed by atoms with Gasteiger partial charge in [-0.2, -0.15) is 4.37 Å². The molecule has 24 heavy (non-hydrogen) atoms. The van der Waals surface area contributed by atoms with Crippen LogP contribution in [0, 0.1) is 6.92 Å². The molecule has 2 aromatic heterocycles. The number of ether oxygens (including phenoxy) is 1. The number of nitrogens with one attached hydrogen (secondary N) is 2. The Hall–Kier alpha value is -2.72. The first-order chi connectivity index (χ1) is 11.4. The van der Waals surface area contributed by atoms with Crippen LogP contribution < -0.4 is 22.1 Å². The maximum atomic E-state index is 11.6. The molecule has 0 aromatic carbocycles. The van der Waals surface area contributed by atoms with Gasteiger partial charge in [-0.1, -0.05) is 0 Å². The van der Waals surface area contributed by atoms with E-state index in [1.54, 1.807) is 6.07 Å². The fraction of sp³-hybridized carbons (Fsp3) is 0.286. The van der Waals surface area contributed by atoms with Crippen LogP contribution in [-0.2, 0) is 9.53 Å². The van der Waals surface area contributed by atoms with Crippen LogP contribution in [0.15, 0.2) is 18.3 Å². The molecule has 128 valence electrons. The Morgan fingerprint density at radius 2 is 2.12 bits per heavy atom. The summed E-state index contributed by atoms with van der Waals surface area (Å²) in [6.07, 6.45) is 1.40. The summed E-state index contributed by atoms with van der Waals surface area (Å²) < 4.78 is 9.10. The molecule has 2 rings (SSSR count). The summed E-state index contributed by atoms with van der Waals surface area (Å²) in [6, 6.07) is 2.72. The molecule has 10 heteroatoms. The number of carbonyl (C=O) groups excluding carboxylic acids is 2. The predicted molar refractivity (Wildman–Crippen MR) is 91.4 cm³/mol. The number of hydrogen-bond acceptors (Lipinski definition) is 8. The molecule has 2 amide bonds. The van der Waals surface area contributed by atoms with Gasteiger partial charge in [0.2, 0.25) is 5.91 Å². The lowest BCUT2D eigenvalue weighted by atomic mass is 10.2. The molecule has 0 aliphatic rings. The highest BCUT2D eigenvalue weighted by Gasteiger charge is 2.17. The zero-order valence-corrected chi connectivity index (χ0v) is 14.0. The number of nitrogens with zero attached hydrogens (tertiary/aromatic N) is 2. The van der Waals surface area contributed by atoms with Crippen LogP contribution in [0.5, 0.6) is 0 Å². The SMILES string of the molecule is COCC(Nc1cnc(C(N)=O)c(Nc2cc(C)ns2)c1)C(N)=O. The zero-order valence-electron chi connectivity index (χ0n) is 13.2. The molecule has 9 nitrogen and oxygen atoms in total. The lowest BCUT2D eigenvalue weighted by Crippen LogP contribution is -2.39. The van der Waals surface area contributed by atoms with Crippen molar-refractivity contribution in [1.29, 1.82) is 0 Å². The van der Waals surface area contributed by atoms with E-state index in [1.165, 1.54) is 24.8 Å². The van der Waals surface area contributed by atoms with Gasteiger partial charge in [0.15, 0.2) is 5.69 Å². The summed E-state index contributed by atoms with van der Waals surface area (Å²) in [5.74, 6) is -1.24. The van der Waals surface area contributed by atoms with Gasteiger partial charge in [-0.3, -0.25) is 9.59 Å². The number of anilines is 3. The van der Waals surface area contributed by atoms with Gasteiger partial charge in [0, 0.05) is 7.11 Å². The summed E-state index contributed by atoms with van der Waals surface area (Å²) in [6.45, 7) is 1.96. The van der Waals surface area contributed by atoms with Gasteiger partial charge < -0.3 is 26.8 Å². The van der Waals surface area contributed by atoms with E-state index in [1.807, 2.05) is 13.0 Å². The Labute approximate surface area is 142 Å². The third kappa shape index (κ3) is 4.40. The Bertz CT molecular complexity index is 748. The number of methoxy groups -OCH3 is 1. The molecule has 0 saturated heterocycles. The van der Waals surface area contributed by atoms with Gasteiger partial charge in [-0.25, -0.2) is 4.98 Å². The second kappa shape index (κ2) is 7.70. The number of hydrogen-bond donors (Lipinski definition) is 4. The van der Waals surface area contributed by atoms with E-state index in [-0.39, 0.29) is 12.3 Å². The van der Waals surface area contributed by atoms with Crippen LogP contribution in [0.1, 0.15) is 16.2 Å². The molecule has 0 radical (unpaired) electrons. The van der Waals surface area contributed by atoms with Gasteiger partial charge in [0.05, 0.1) is 29.9 Å². The lowest BCUT2D eigenvalue weighted by Gasteiger charge is -2.17. The molecule has 0 aliphatic carbocycles. The van der Waals surface area contributed by atoms with Crippen LogP contribution in [0.3, 0.4) is 0 Å². The molecule has 2 heterocycles. The molecule has 2 aromatic rings. The third-order valence-corrected chi connectivity index (χ3v) is 3.82. The largest absolute Gasteiger partial charge is 0.382 e. The molecule has 1 atom stereocenters. The Morgan fingerprint density at radius 3 is 2.67 bits per heavy atom. The second-order valence-electron chi connectivity index (χ2n) is 5.00. The normalized spacial score (nSPS) is 11.8. The van der Waals surface area contributed by atoms with Crippen molar-refractivity contribution in [2.24, 2.45) is 11.5 Å². The van der Waals surface area contributed by atoms with Crippen molar-refractivity contribution < 1.29 is 14.3 Å². The molecule has 0 fully saturated rings. The second-order valence-corrected chi connectivity index (χ2v) is 5.80. The Kier molecular flexibility index (Phi) is 5.66. The first kappa shape index (κ1) is 17.6. The third-order valence-electron chi connectivity index (χ3n) is 3.02. The summed E-state index contributed by atoms with van der Waals surface area (Å²) in [4.78, 5) is 27.0. The number of primary amides is 2. The van der Waals surface area contributed by atoms with Crippen molar-refractivity contribution in [3.63, 3.8) is 0 Å². The van der Waals surface area contributed by atoms with E-state index >= 15 is 0 Å². The van der Waals surface area contributed by atoms with Gasteiger partial charge in [0.1, 0.15) is 11.0 Å². The minimum atomic E-state index is -0.727. The molecule has 6 N–H and O–H groups in total. The first-order valence-corrected chi connectivity index (χ1v) is 7.73. The van der Waals surface area contributed by atoms with E-state index in [2.05, 4.69) is 20.0 Å². The topological polar surface area (TPSA) is 145 Å². The average Bonchev–Trinajstić information content (AvgIpc) is 2.91. The van der Waals surface area contributed by atoms with E-state index in [4.69, 9.17) is 16.2 Å². The molecular weight excluding hydrogens is 332 g/mol. The molecule has 1 unspecified atom stereocenters. The van der Waals surface area contributed by atoms with Gasteiger partial charge in [-0.05, 0) is 30.6 Å². The minimum absolute atomic E-state index is 0.0777. The number of aryl methyl sites for hydroxylation is 1. The van der Waals surface area contributed by atoms with Gasteiger partial charge in [-0.15, -0.1) is 0 Å². The number of nitrogens with two attached hydrogens (primary N) is 2. The van der Waals surface area contributed by atoms with Crippen LogP contribution in [0.4, 0.5) is 16.4 Å². The smallest absolute Gasteiger partial charge is 0.269 e. The summed E-state index contributed by atoms with van der Waals surface area (Å²) in [7, 11) is 1.46. The molecule has 0 aliphatic heterocycles. The standard InChI is InChI=1S/C14H18N6O3S/c1-7-3-11(24-20-7)19-9-4-8(5-17-12(9)14(16)22)18-10(6-23-2)13(15)21/h3-5,10,18-19H,6H2,1-2H3,(H2,15,21)(H2,16,22). The molecular formula is C14H18N6O3S. The average molecular weight is 350 g/mol. The van der Waals surface area contributed by atoms with E-state index in [9.17, 15) is 9.59 Å².